The molecule has 2 rings (SSSR count). The molecular formula is C16H14FNO2. The molecule has 0 amide bonds. The first-order chi connectivity index (χ1) is 9.65. The minimum atomic E-state index is -0.829. The van der Waals surface area contributed by atoms with Gasteiger partial charge in [-0.25, -0.2) is 4.39 Å². The zero-order valence-corrected chi connectivity index (χ0v) is 11.0. The summed E-state index contributed by atoms with van der Waals surface area (Å²) in [6.45, 7) is 0. The molecule has 0 bridgehead atoms. The lowest BCUT2D eigenvalue weighted by atomic mass is 10.00. The molecule has 0 heterocycles. The number of nitriles is 1. The monoisotopic (exact) mass is 271 g/mol. The van der Waals surface area contributed by atoms with Crippen molar-refractivity contribution in [1.29, 1.82) is 5.26 Å². The summed E-state index contributed by atoms with van der Waals surface area (Å²) in [4.78, 5) is 0. The van der Waals surface area contributed by atoms with E-state index in [1.165, 1.54) is 13.2 Å². The highest BCUT2D eigenvalue weighted by Gasteiger charge is 2.14. The Hall–Kier alpha value is -2.38. The smallest absolute Gasteiger partial charge is 0.168 e. The summed E-state index contributed by atoms with van der Waals surface area (Å²) in [5.74, 6) is -0.294. The molecule has 1 N–H and O–H groups in total. The third-order valence-electron chi connectivity index (χ3n) is 3.10. The first-order valence-electron chi connectivity index (χ1n) is 6.15. The normalized spacial score (nSPS) is 11.7. The van der Waals surface area contributed by atoms with Crippen LogP contribution in [0.1, 0.15) is 22.8 Å². The van der Waals surface area contributed by atoms with Crippen LogP contribution in [0, 0.1) is 17.1 Å². The summed E-state index contributed by atoms with van der Waals surface area (Å²) < 4.78 is 18.9. The fourth-order valence-corrected chi connectivity index (χ4v) is 1.98. The molecule has 0 aliphatic heterocycles. The number of methoxy groups -OCH3 is 1. The van der Waals surface area contributed by atoms with Crippen molar-refractivity contribution in [2.24, 2.45) is 0 Å². The van der Waals surface area contributed by atoms with E-state index in [0.717, 1.165) is 0 Å². The summed E-state index contributed by atoms with van der Waals surface area (Å²) in [6.07, 6.45) is -0.682. The highest BCUT2D eigenvalue weighted by Crippen LogP contribution is 2.25. The van der Waals surface area contributed by atoms with Crippen molar-refractivity contribution in [3.05, 3.63) is 65.0 Å². The molecule has 2 aromatic carbocycles. The number of hydrogen-bond donors (Lipinski definition) is 1. The van der Waals surface area contributed by atoms with Gasteiger partial charge in [0.15, 0.2) is 11.6 Å². The topological polar surface area (TPSA) is 53.2 Å². The van der Waals surface area contributed by atoms with E-state index in [1.807, 2.05) is 6.07 Å². The van der Waals surface area contributed by atoms with Crippen LogP contribution in [0.25, 0.3) is 0 Å². The largest absolute Gasteiger partial charge is 0.494 e. The predicted octanol–water partition coefficient (Wildman–Crippen LogP) is 2.98. The molecule has 1 unspecified atom stereocenters. The molecule has 3 nitrogen and oxygen atoms in total. The lowest BCUT2D eigenvalue weighted by Crippen LogP contribution is -2.04. The summed E-state index contributed by atoms with van der Waals surface area (Å²) in [6, 6.07) is 13.4. The van der Waals surface area contributed by atoms with Gasteiger partial charge in [-0.05, 0) is 29.3 Å². The minimum Gasteiger partial charge on any atom is -0.494 e. The van der Waals surface area contributed by atoms with E-state index < -0.39 is 11.9 Å². The maximum absolute atomic E-state index is 14.0. The third kappa shape index (κ3) is 2.95. The molecule has 0 spiro atoms. The van der Waals surface area contributed by atoms with Gasteiger partial charge in [-0.15, -0.1) is 0 Å². The van der Waals surface area contributed by atoms with Crippen molar-refractivity contribution < 1.29 is 14.2 Å². The first-order valence-corrected chi connectivity index (χ1v) is 6.15. The van der Waals surface area contributed by atoms with E-state index >= 15 is 0 Å². The van der Waals surface area contributed by atoms with Crippen molar-refractivity contribution >= 4 is 0 Å². The number of rotatable bonds is 4. The Bertz CT molecular complexity index is 632. The second kappa shape index (κ2) is 6.18. The molecule has 1 atom stereocenters. The van der Waals surface area contributed by atoms with Gasteiger partial charge in [-0.2, -0.15) is 5.26 Å². The molecule has 0 fully saturated rings. The van der Waals surface area contributed by atoms with Crippen molar-refractivity contribution in [2.75, 3.05) is 7.11 Å². The van der Waals surface area contributed by atoms with Gasteiger partial charge in [0.1, 0.15) is 0 Å². The van der Waals surface area contributed by atoms with E-state index in [1.54, 1.807) is 36.4 Å². The van der Waals surface area contributed by atoms with Gasteiger partial charge in [0.25, 0.3) is 0 Å². The van der Waals surface area contributed by atoms with Gasteiger partial charge in [-0.3, -0.25) is 0 Å². The van der Waals surface area contributed by atoms with E-state index in [0.29, 0.717) is 16.7 Å². The van der Waals surface area contributed by atoms with Gasteiger partial charge in [0.05, 0.1) is 24.8 Å². The Kier molecular flexibility index (Phi) is 4.34. The minimum absolute atomic E-state index is 0.148. The second-order valence-corrected chi connectivity index (χ2v) is 4.39. The maximum Gasteiger partial charge on any atom is 0.168 e. The van der Waals surface area contributed by atoms with Crippen LogP contribution in [0.15, 0.2) is 42.5 Å². The SMILES string of the molecule is COc1cccc(CC(O)c2ccc(C#N)cc2)c1F. The molecule has 0 radical (unpaired) electrons. The summed E-state index contributed by atoms with van der Waals surface area (Å²) >= 11 is 0. The zero-order valence-electron chi connectivity index (χ0n) is 11.0. The van der Waals surface area contributed by atoms with Gasteiger partial charge >= 0.3 is 0 Å². The van der Waals surface area contributed by atoms with Crippen molar-refractivity contribution in [1.82, 2.24) is 0 Å². The molecule has 0 saturated carbocycles. The highest BCUT2D eigenvalue weighted by atomic mass is 19.1. The number of benzene rings is 2. The quantitative estimate of drug-likeness (QED) is 0.930. The Morgan fingerprint density at radius 2 is 1.95 bits per heavy atom. The van der Waals surface area contributed by atoms with Crippen LogP contribution in [0.5, 0.6) is 5.75 Å². The summed E-state index contributed by atoms with van der Waals surface area (Å²) in [5, 5.41) is 18.9. The maximum atomic E-state index is 14.0. The van der Waals surface area contributed by atoms with Gasteiger partial charge in [0, 0.05) is 6.42 Å². The third-order valence-corrected chi connectivity index (χ3v) is 3.10. The Balaban J connectivity index is 2.19. The van der Waals surface area contributed by atoms with E-state index in [4.69, 9.17) is 10.00 Å². The predicted molar refractivity (Wildman–Crippen MR) is 72.8 cm³/mol. The number of aliphatic hydroxyl groups excluding tert-OH is 1. The van der Waals surface area contributed by atoms with Crippen molar-refractivity contribution in [3.8, 4) is 11.8 Å². The highest BCUT2D eigenvalue weighted by molar-refractivity contribution is 5.35. The van der Waals surface area contributed by atoms with Crippen LogP contribution in [-0.4, -0.2) is 12.2 Å². The molecule has 0 saturated heterocycles. The molecule has 2 aromatic rings. The Labute approximate surface area is 116 Å². The first kappa shape index (κ1) is 14.0. The lowest BCUT2D eigenvalue weighted by Gasteiger charge is -2.13. The van der Waals surface area contributed by atoms with Gasteiger partial charge in [-0.1, -0.05) is 24.3 Å². The number of halogens is 1. The van der Waals surface area contributed by atoms with Gasteiger partial charge in [0.2, 0.25) is 0 Å². The average molecular weight is 271 g/mol. The average Bonchev–Trinajstić information content (AvgIpc) is 2.49. The molecule has 0 aliphatic rings. The zero-order chi connectivity index (χ0) is 14.5. The number of nitrogens with zero attached hydrogens (tertiary/aromatic N) is 1. The van der Waals surface area contributed by atoms with E-state index in [2.05, 4.69) is 0 Å². The lowest BCUT2D eigenvalue weighted by molar-refractivity contribution is 0.177. The molecule has 0 aromatic heterocycles. The van der Waals surface area contributed by atoms with Crippen LogP contribution in [0.2, 0.25) is 0 Å². The van der Waals surface area contributed by atoms with Crippen LogP contribution >= 0.6 is 0 Å². The van der Waals surface area contributed by atoms with Gasteiger partial charge < -0.3 is 9.84 Å². The fourth-order valence-electron chi connectivity index (χ4n) is 1.98. The van der Waals surface area contributed by atoms with E-state index in [9.17, 15) is 9.50 Å². The van der Waals surface area contributed by atoms with Crippen LogP contribution in [0.4, 0.5) is 4.39 Å². The van der Waals surface area contributed by atoms with E-state index in [-0.39, 0.29) is 12.2 Å². The number of ether oxygens (including phenoxy) is 1. The molecule has 102 valence electrons. The molecular weight excluding hydrogens is 257 g/mol. The molecule has 0 aliphatic carbocycles. The van der Waals surface area contributed by atoms with Crippen LogP contribution < -0.4 is 4.74 Å². The summed E-state index contributed by atoms with van der Waals surface area (Å²) in [7, 11) is 1.40. The standard InChI is InChI=1S/C16H14FNO2/c1-20-15-4-2-3-13(16(15)17)9-14(19)12-7-5-11(10-18)6-8-12/h2-8,14,19H,9H2,1H3. The molecule has 4 heteroatoms. The number of hydrogen-bond acceptors (Lipinski definition) is 3. The number of aliphatic hydroxyl groups is 1. The Morgan fingerprint density at radius 1 is 1.25 bits per heavy atom. The second-order valence-electron chi connectivity index (χ2n) is 4.39. The summed E-state index contributed by atoms with van der Waals surface area (Å²) in [5.41, 5.74) is 1.56. The van der Waals surface area contributed by atoms with Crippen molar-refractivity contribution in [2.45, 2.75) is 12.5 Å². The van der Waals surface area contributed by atoms with Crippen LogP contribution in [-0.2, 0) is 6.42 Å². The van der Waals surface area contributed by atoms with Crippen LogP contribution in [0.3, 0.4) is 0 Å². The molecule has 20 heavy (non-hydrogen) atoms. The fraction of sp³-hybridized carbons (Fsp3) is 0.188. The Morgan fingerprint density at radius 3 is 2.55 bits per heavy atom. The van der Waals surface area contributed by atoms with Crippen molar-refractivity contribution in [3.63, 3.8) is 0 Å².